The fraction of sp³-hybridized carbons (Fsp3) is 0.0476. The molecule has 0 N–H and O–H groups in total. The number of anilines is 3. The molecule has 2 heteroatoms. The van der Waals surface area contributed by atoms with E-state index in [2.05, 4.69) is 266 Å². The summed E-state index contributed by atoms with van der Waals surface area (Å²) in [4.78, 5) is 2.39. The molecule has 10 aromatic carbocycles. The van der Waals surface area contributed by atoms with Crippen LogP contribution in [0.2, 0.25) is 0 Å². The first-order valence-electron chi connectivity index (χ1n) is 22.6. The number of benzene rings is 10. The maximum Gasteiger partial charge on any atom is 0.0547 e. The summed E-state index contributed by atoms with van der Waals surface area (Å²) in [7, 11) is 0. The summed E-state index contributed by atoms with van der Waals surface area (Å²) in [5.74, 6) is 0. The number of hydrogen-bond acceptors (Lipinski definition) is 1. The zero-order chi connectivity index (χ0) is 43.5. The highest BCUT2D eigenvalue weighted by atomic mass is 15.1. The number of aromatic nitrogens is 1. The van der Waals surface area contributed by atoms with Crippen molar-refractivity contribution in [1.82, 2.24) is 4.57 Å². The molecule has 0 spiro atoms. The molecule has 0 fully saturated rings. The SMILES string of the molecule is CC1(C)c2ccccc2-c2cccc(-n3c4ccc(-c5ccccc5)cc4c4ccc(-c5cccc(N(c6ccc(-c7ccccc7)cc6)c6cccc(-c7ccccc7)c6)c5)cc43)c21. The van der Waals surface area contributed by atoms with Crippen molar-refractivity contribution in [1.29, 1.82) is 0 Å². The molecule has 1 aliphatic rings. The van der Waals surface area contributed by atoms with E-state index in [9.17, 15) is 0 Å². The van der Waals surface area contributed by atoms with Crippen molar-refractivity contribution in [2.45, 2.75) is 19.3 Å². The molecular weight excluding hydrogens is 785 g/mol. The average Bonchev–Trinajstić information content (AvgIpc) is 3.82. The molecule has 0 aliphatic heterocycles. The highest BCUT2D eigenvalue weighted by Crippen LogP contribution is 2.52. The third-order valence-corrected chi connectivity index (χ3v) is 13.6. The smallest absolute Gasteiger partial charge is 0.0547 e. The van der Waals surface area contributed by atoms with Crippen molar-refractivity contribution in [3.05, 3.63) is 254 Å². The summed E-state index contributed by atoms with van der Waals surface area (Å²) in [6.07, 6.45) is 0. The van der Waals surface area contributed by atoms with Gasteiger partial charge in [0.1, 0.15) is 0 Å². The van der Waals surface area contributed by atoms with Gasteiger partial charge in [-0.15, -0.1) is 0 Å². The van der Waals surface area contributed by atoms with Gasteiger partial charge in [-0.2, -0.15) is 0 Å². The van der Waals surface area contributed by atoms with Crippen molar-refractivity contribution in [3.63, 3.8) is 0 Å². The molecule has 308 valence electrons. The lowest BCUT2D eigenvalue weighted by Crippen LogP contribution is -2.18. The van der Waals surface area contributed by atoms with E-state index >= 15 is 0 Å². The predicted molar refractivity (Wildman–Crippen MR) is 275 cm³/mol. The zero-order valence-corrected chi connectivity index (χ0v) is 36.5. The van der Waals surface area contributed by atoms with Gasteiger partial charge in [-0.05, 0) is 127 Å². The molecule has 1 aromatic heterocycles. The molecule has 65 heavy (non-hydrogen) atoms. The number of rotatable bonds is 8. The quantitative estimate of drug-likeness (QED) is 0.148. The Morgan fingerprint density at radius 3 is 1.46 bits per heavy atom. The molecule has 0 saturated carbocycles. The van der Waals surface area contributed by atoms with Crippen LogP contribution in [0.25, 0.3) is 83.1 Å². The van der Waals surface area contributed by atoms with Crippen LogP contribution in [0, 0.1) is 0 Å². The van der Waals surface area contributed by atoms with Crippen LogP contribution in [0.5, 0.6) is 0 Å². The second-order valence-corrected chi connectivity index (χ2v) is 17.8. The van der Waals surface area contributed by atoms with Gasteiger partial charge in [0, 0.05) is 33.2 Å². The molecular formula is C63H46N2. The van der Waals surface area contributed by atoms with Crippen LogP contribution in [0.3, 0.4) is 0 Å². The van der Waals surface area contributed by atoms with Crippen LogP contribution in [-0.2, 0) is 5.41 Å². The van der Waals surface area contributed by atoms with E-state index < -0.39 is 0 Å². The number of hydrogen-bond donors (Lipinski definition) is 0. The van der Waals surface area contributed by atoms with E-state index in [4.69, 9.17) is 0 Å². The predicted octanol–water partition coefficient (Wildman–Crippen LogP) is 17.2. The Morgan fingerprint density at radius 1 is 0.323 bits per heavy atom. The van der Waals surface area contributed by atoms with Gasteiger partial charge in [0.05, 0.1) is 16.7 Å². The monoisotopic (exact) mass is 830 g/mol. The lowest BCUT2D eigenvalue weighted by Gasteiger charge is -2.27. The van der Waals surface area contributed by atoms with Crippen molar-refractivity contribution < 1.29 is 0 Å². The minimum absolute atomic E-state index is 0.179. The Balaban J connectivity index is 1.04. The fourth-order valence-electron chi connectivity index (χ4n) is 10.4. The molecule has 0 atom stereocenters. The first kappa shape index (κ1) is 38.5. The third-order valence-electron chi connectivity index (χ3n) is 13.6. The fourth-order valence-corrected chi connectivity index (χ4v) is 10.4. The van der Waals surface area contributed by atoms with Crippen LogP contribution >= 0.6 is 0 Å². The normalized spacial score (nSPS) is 12.6. The highest BCUT2D eigenvalue weighted by Gasteiger charge is 2.38. The largest absolute Gasteiger partial charge is 0.310 e. The standard InChI is InChI=1S/C63H46N2/c1-63(2)58-29-13-12-27-54(58)56-28-16-30-60(62(56)63)65-59-38-34-49(45-21-10-5-11-22-45)41-57(59)55-37-33-50(42-61(55)65)48-24-15-26-53(40-48)64(51-35-31-46(32-36-51)43-17-6-3-7-18-43)52-25-14-23-47(39-52)44-19-8-4-9-20-44/h3-42H,1-2H3. The Hall–Kier alpha value is -8.20. The van der Waals surface area contributed by atoms with Crippen molar-refractivity contribution in [2.75, 3.05) is 4.90 Å². The molecule has 1 heterocycles. The maximum absolute atomic E-state index is 2.54. The van der Waals surface area contributed by atoms with Crippen LogP contribution in [0.15, 0.2) is 243 Å². The summed E-state index contributed by atoms with van der Waals surface area (Å²) in [6.45, 7) is 4.77. The molecule has 12 rings (SSSR count). The summed E-state index contributed by atoms with van der Waals surface area (Å²) >= 11 is 0. The van der Waals surface area contributed by atoms with E-state index in [1.807, 2.05) is 0 Å². The topological polar surface area (TPSA) is 8.17 Å². The zero-order valence-electron chi connectivity index (χ0n) is 36.5. The summed E-state index contributed by atoms with van der Waals surface area (Å²) in [5, 5.41) is 2.48. The first-order chi connectivity index (χ1) is 32.0. The van der Waals surface area contributed by atoms with Gasteiger partial charge in [-0.3, -0.25) is 0 Å². The molecule has 0 bridgehead atoms. The van der Waals surface area contributed by atoms with Gasteiger partial charge < -0.3 is 9.47 Å². The second kappa shape index (κ2) is 15.6. The van der Waals surface area contributed by atoms with Crippen LogP contribution in [0.4, 0.5) is 17.1 Å². The van der Waals surface area contributed by atoms with Gasteiger partial charge in [-0.1, -0.05) is 196 Å². The van der Waals surface area contributed by atoms with Crippen molar-refractivity contribution in [3.8, 4) is 61.3 Å². The first-order valence-corrected chi connectivity index (χ1v) is 22.6. The maximum atomic E-state index is 2.54. The summed E-state index contributed by atoms with van der Waals surface area (Å²) < 4.78 is 2.54. The van der Waals surface area contributed by atoms with Gasteiger partial charge in [0.25, 0.3) is 0 Å². The van der Waals surface area contributed by atoms with Crippen molar-refractivity contribution >= 4 is 38.9 Å². The molecule has 1 aliphatic carbocycles. The Morgan fingerprint density at radius 2 is 0.800 bits per heavy atom. The minimum Gasteiger partial charge on any atom is -0.310 e. The van der Waals surface area contributed by atoms with Gasteiger partial charge in [0.15, 0.2) is 0 Å². The molecule has 0 radical (unpaired) electrons. The van der Waals surface area contributed by atoms with E-state index in [-0.39, 0.29) is 5.41 Å². The number of nitrogens with zero attached hydrogens (tertiary/aromatic N) is 2. The molecule has 0 saturated heterocycles. The van der Waals surface area contributed by atoms with E-state index in [1.54, 1.807) is 0 Å². The van der Waals surface area contributed by atoms with Crippen LogP contribution < -0.4 is 4.90 Å². The van der Waals surface area contributed by atoms with E-state index in [1.165, 1.54) is 88.7 Å². The Labute approximate surface area is 381 Å². The Bertz CT molecular complexity index is 3550. The summed E-state index contributed by atoms with van der Waals surface area (Å²) in [6, 6.07) is 88.8. The van der Waals surface area contributed by atoms with E-state index in [0.29, 0.717) is 0 Å². The van der Waals surface area contributed by atoms with Gasteiger partial charge in [0.2, 0.25) is 0 Å². The Kier molecular flexibility index (Phi) is 9.21. The molecule has 0 amide bonds. The minimum atomic E-state index is -0.179. The van der Waals surface area contributed by atoms with E-state index in [0.717, 1.165) is 22.6 Å². The lowest BCUT2D eigenvalue weighted by molar-refractivity contribution is 0.656. The van der Waals surface area contributed by atoms with Gasteiger partial charge in [-0.25, -0.2) is 0 Å². The van der Waals surface area contributed by atoms with Crippen LogP contribution in [-0.4, -0.2) is 4.57 Å². The lowest BCUT2D eigenvalue weighted by atomic mass is 9.81. The van der Waals surface area contributed by atoms with Crippen molar-refractivity contribution in [2.24, 2.45) is 0 Å². The second-order valence-electron chi connectivity index (χ2n) is 17.8. The molecule has 2 nitrogen and oxygen atoms in total. The average molecular weight is 831 g/mol. The van der Waals surface area contributed by atoms with Gasteiger partial charge >= 0.3 is 0 Å². The molecule has 0 unspecified atom stereocenters. The highest BCUT2D eigenvalue weighted by molar-refractivity contribution is 6.12. The third kappa shape index (κ3) is 6.57. The molecule has 11 aromatic rings. The van der Waals surface area contributed by atoms with Crippen LogP contribution in [0.1, 0.15) is 25.0 Å². The summed E-state index contributed by atoms with van der Waals surface area (Å²) in [5.41, 5.74) is 21.6. The number of fused-ring (bicyclic) bond motifs is 6.